The number of carbonyl (C=O) groups is 1. The minimum atomic E-state index is -0.776. The number of rotatable bonds is 5. The van der Waals surface area contributed by atoms with Gasteiger partial charge >= 0.3 is 0 Å². The number of aromatic nitrogens is 2. The monoisotopic (exact) mass is 401 g/mol. The smallest absolute Gasteiger partial charge is 0.277 e. The number of benzene rings is 1. The van der Waals surface area contributed by atoms with Crippen LogP contribution in [-0.2, 0) is 9.47 Å². The van der Waals surface area contributed by atoms with Crippen LogP contribution >= 0.6 is 0 Å². The van der Waals surface area contributed by atoms with E-state index in [0.717, 1.165) is 12.1 Å². The highest BCUT2D eigenvalue weighted by atomic mass is 19.1. The van der Waals surface area contributed by atoms with E-state index in [1.165, 1.54) is 18.5 Å². The van der Waals surface area contributed by atoms with Crippen LogP contribution in [0.2, 0.25) is 0 Å². The number of ether oxygens (including phenoxy) is 3. The molecule has 2 aromatic heterocycles. The molecular weight excluding hydrogens is 384 g/mol. The van der Waals surface area contributed by atoms with Crippen LogP contribution in [0.15, 0.2) is 42.7 Å². The molecule has 9 heteroatoms. The predicted octanol–water partition coefficient (Wildman–Crippen LogP) is 2.95. The summed E-state index contributed by atoms with van der Waals surface area (Å²) in [4.78, 5) is 20.0. The lowest BCUT2D eigenvalue weighted by Gasteiger charge is -2.23. The average Bonchev–Trinajstić information content (AvgIpc) is 2.73. The van der Waals surface area contributed by atoms with Gasteiger partial charge in [-0.05, 0) is 35.7 Å². The highest BCUT2D eigenvalue weighted by Crippen LogP contribution is 2.29. The molecule has 29 heavy (non-hydrogen) atoms. The number of hydrogen-bond donors (Lipinski definition) is 1. The number of hydrogen-bond acceptors (Lipinski definition) is 6. The number of carbonyl (C=O) groups excluding carboxylic acids is 1. The lowest BCUT2D eigenvalue weighted by Crippen LogP contribution is -2.33. The lowest BCUT2D eigenvalue weighted by atomic mass is 10.1. The summed E-state index contributed by atoms with van der Waals surface area (Å²) in [6.45, 7) is 1.58. The molecule has 1 amide bonds. The Labute approximate surface area is 164 Å². The zero-order valence-corrected chi connectivity index (χ0v) is 15.2. The van der Waals surface area contributed by atoms with Gasteiger partial charge in [0.05, 0.1) is 25.2 Å². The van der Waals surface area contributed by atoms with Crippen molar-refractivity contribution in [3.63, 3.8) is 0 Å². The van der Waals surface area contributed by atoms with Crippen LogP contribution in [0, 0.1) is 11.6 Å². The number of pyridine rings is 2. The van der Waals surface area contributed by atoms with Crippen LogP contribution in [0.5, 0.6) is 5.88 Å². The van der Waals surface area contributed by atoms with Gasteiger partial charge in [0.15, 0.2) is 11.5 Å². The second kappa shape index (κ2) is 8.46. The quantitative estimate of drug-likeness (QED) is 0.708. The van der Waals surface area contributed by atoms with Crippen molar-refractivity contribution in [1.29, 1.82) is 0 Å². The predicted molar refractivity (Wildman–Crippen MR) is 99.9 cm³/mol. The van der Waals surface area contributed by atoms with E-state index in [1.54, 1.807) is 12.1 Å². The minimum Gasteiger partial charge on any atom is -0.474 e. The Kier molecular flexibility index (Phi) is 5.59. The Morgan fingerprint density at radius 3 is 2.86 bits per heavy atom. The topological polar surface area (TPSA) is 82.6 Å². The summed E-state index contributed by atoms with van der Waals surface area (Å²) < 4.78 is 45.0. The lowest BCUT2D eigenvalue weighted by molar-refractivity contribution is -0.101. The van der Waals surface area contributed by atoms with E-state index < -0.39 is 17.5 Å². The zero-order chi connectivity index (χ0) is 20.2. The number of halogens is 2. The number of amides is 1. The fraction of sp³-hybridized carbons (Fsp3) is 0.250. The Balaban J connectivity index is 1.55. The first kappa shape index (κ1) is 19.2. The molecule has 1 fully saturated rings. The van der Waals surface area contributed by atoms with Gasteiger partial charge in [-0.3, -0.25) is 4.79 Å². The third-order valence-electron chi connectivity index (χ3n) is 4.30. The molecule has 1 saturated heterocycles. The van der Waals surface area contributed by atoms with Crippen molar-refractivity contribution in [1.82, 2.24) is 9.97 Å². The average molecular weight is 401 g/mol. The molecule has 1 aliphatic heterocycles. The molecule has 0 spiro atoms. The molecular formula is C20H17F2N3O4. The Morgan fingerprint density at radius 1 is 1.17 bits per heavy atom. The maximum atomic E-state index is 14.8. The van der Waals surface area contributed by atoms with Gasteiger partial charge < -0.3 is 19.5 Å². The third-order valence-corrected chi connectivity index (χ3v) is 4.30. The van der Waals surface area contributed by atoms with Crippen molar-refractivity contribution in [3.8, 4) is 5.88 Å². The number of fused-ring (bicyclic) bond motifs is 1. The maximum Gasteiger partial charge on any atom is 0.277 e. The van der Waals surface area contributed by atoms with Crippen molar-refractivity contribution < 1.29 is 27.8 Å². The van der Waals surface area contributed by atoms with E-state index in [1.807, 2.05) is 0 Å². The summed E-state index contributed by atoms with van der Waals surface area (Å²) in [6, 6.07) is 6.75. The number of anilines is 1. The fourth-order valence-electron chi connectivity index (χ4n) is 2.96. The van der Waals surface area contributed by atoms with Crippen LogP contribution in [-0.4, -0.2) is 48.4 Å². The van der Waals surface area contributed by atoms with Gasteiger partial charge in [0.2, 0.25) is 5.88 Å². The van der Waals surface area contributed by atoms with Crippen molar-refractivity contribution in [2.75, 3.05) is 31.7 Å². The molecule has 3 aromatic rings. The zero-order valence-electron chi connectivity index (χ0n) is 15.2. The Bertz CT molecular complexity index is 1040. The summed E-state index contributed by atoms with van der Waals surface area (Å²) in [5.41, 5.74) is -0.215. The molecule has 1 N–H and O–H groups in total. The molecule has 0 radical (unpaired) electrons. The SMILES string of the molecule is O=C(Nc1cc(F)c2c(OCC3COCCO3)nccc2c1)c1ncccc1F. The van der Waals surface area contributed by atoms with Gasteiger partial charge in [-0.25, -0.2) is 18.7 Å². The molecule has 1 aromatic carbocycles. The van der Waals surface area contributed by atoms with E-state index in [0.29, 0.717) is 25.2 Å². The van der Waals surface area contributed by atoms with Gasteiger partial charge in [-0.15, -0.1) is 0 Å². The number of nitrogens with zero attached hydrogens (tertiary/aromatic N) is 2. The summed E-state index contributed by atoms with van der Waals surface area (Å²) >= 11 is 0. The van der Waals surface area contributed by atoms with E-state index in [-0.39, 0.29) is 35.4 Å². The normalized spacial score (nSPS) is 16.6. The fourth-order valence-corrected chi connectivity index (χ4v) is 2.96. The third kappa shape index (κ3) is 4.30. The van der Waals surface area contributed by atoms with Gasteiger partial charge in [0, 0.05) is 18.1 Å². The van der Waals surface area contributed by atoms with Crippen LogP contribution in [0.25, 0.3) is 10.8 Å². The van der Waals surface area contributed by atoms with E-state index >= 15 is 0 Å². The second-order valence-corrected chi connectivity index (χ2v) is 6.34. The van der Waals surface area contributed by atoms with Crippen LogP contribution in [0.4, 0.5) is 14.5 Å². The van der Waals surface area contributed by atoms with Gasteiger partial charge in [0.25, 0.3) is 5.91 Å². The highest BCUT2D eigenvalue weighted by molar-refractivity contribution is 6.04. The molecule has 7 nitrogen and oxygen atoms in total. The van der Waals surface area contributed by atoms with Crippen molar-refractivity contribution in [2.24, 2.45) is 0 Å². The molecule has 1 unspecified atom stereocenters. The van der Waals surface area contributed by atoms with Gasteiger partial charge in [0.1, 0.15) is 18.5 Å². The summed E-state index contributed by atoms with van der Waals surface area (Å²) in [5.74, 6) is -2.06. The summed E-state index contributed by atoms with van der Waals surface area (Å²) in [7, 11) is 0. The molecule has 0 aliphatic carbocycles. The Morgan fingerprint density at radius 2 is 2.07 bits per heavy atom. The van der Waals surface area contributed by atoms with Crippen molar-refractivity contribution >= 4 is 22.4 Å². The van der Waals surface area contributed by atoms with Crippen molar-refractivity contribution in [2.45, 2.75) is 6.10 Å². The first-order valence-corrected chi connectivity index (χ1v) is 8.94. The van der Waals surface area contributed by atoms with Gasteiger partial charge in [-0.2, -0.15) is 0 Å². The molecule has 0 bridgehead atoms. The van der Waals surface area contributed by atoms with Crippen molar-refractivity contribution in [3.05, 3.63) is 60.1 Å². The summed E-state index contributed by atoms with van der Waals surface area (Å²) in [5, 5.41) is 3.09. The largest absolute Gasteiger partial charge is 0.474 e. The first-order valence-electron chi connectivity index (χ1n) is 8.94. The molecule has 3 heterocycles. The molecule has 1 aliphatic rings. The highest BCUT2D eigenvalue weighted by Gasteiger charge is 2.18. The molecule has 0 saturated carbocycles. The van der Waals surface area contributed by atoms with Crippen LogP contribution < -0.4 is 10.1 Å². The van der Waals surface area contributed by atoms with Gasteiger partial charge in [-0.1, -0.05) is 0 Å². The number of nitrogens with one attached hydrogen (secondary N) is 1. The minimum absolute atomic E-state index is 0.114. The molecule has 150 valence electrons. The van der Waals surface area contributed by atoms with E-state index in [2.05, 4.69) is 15.3 Å². The van der Waals surface area contributed by atoms with Crippen LogP contribution in [0.1, 0.15) is 10.5 Å². The Hall–Kier alpha value is -3.17. The molecule has 1 atom stereocenters. The maximum absolute atomic E-state index is 14.8. The van der Waals surface area contributed by atoms with Crippen LogP contribution in [0.3, 0.4) is 0 Å². The molecule has 4 rings (SSSR count). The van der Waals surface area contributed by atoms with E-state index in [4.69, 9.17) is 14.2 Å². The second-order valence-electron chi connectivity index (χ2n) is 6.34. The first-order chi connectivity index (χ1) is 14.1. The summed E-state index contributed by atoms with van der Waals surface area (Å²) in [6.07, 6.45) is 2.52. The van der Waals surface area contributed by atoms with E-state index in [9.17, 15) is 13.6 Å². The standard InChI is InChI=1S/C20H17F2N3O4/c21-15-2-1-4-23-18(15)19(26)25-13-8-12-3-5-24-20(17(12)16(22)9-13)29-11-14-10-27-6-7-28-14/h1-5,8-9,14H,6-7,10-11H2,(H,25,26).